The number of hydrogen-bond donors (Lipinski definition) is 1. The molecule has 0 saturated heterocycles. The second-order valence-corrected chi connectivity index (χ2v) is 1.93. The van der Waals surface area contributed by atoms with E-state index in [1.807, 2.05) is 30.3 Å². The summed E-state index contributed by atoms with van der Waals surface area (Å²) in [5, 5.41) is 8.91. The molecule has 0 aliphatic heterocycles. The molecule has 1 N–H and O–H groups in total. The smallest absolute Gasteiger partial charge is 0 e. The van der Waals surface area contributed by atoms with Gasteiger partial charge in [-0.3, -0.25) is 0 Å². The molecule has 1 aromatic carbocycles. The zero-order valence-electron chi connectivity index (χ0n) is 5.70. The van der Waals surface area contributed by atoms with Gasteiger partial charge in [-0.05, 0) is 6.10 Å². The van der Waals surface area contributed by atoms with Crippen molar-refractivity contribution >= 4 is 0 Å². The molecule has 1 unspecified atom stereocenters. The van der Waals surface area contributed by atoms with Crippen molar-refractivity contribution in [3.05, 3.63) is 42.8 Å². The van der Waals surface area contributed by atoms with Gasteiger partial charge in [-0.15, -0.1) is 0 Å². The van der Waals surface area contributed by atoms with Gasteiger partial charge in [-0.25, -0.2) is 0 Å². The Morgan fingerprint density at radius 1 is 1.20 bits per heavy atom. The molecule has 2 heteroatoms. The summed E-state index contributed by atoms with van der Waals surface area (Å²) in [5.41, 5.74) is 0.859. The van der Waals surface area contributed by atoms with Crippen molar-refractivity contribution in [1.29, 1.82) is 0 Å². The molecule has 1 rings (SSSR count). The van der Waals surface area contributed by atoms with Gasteiger partial charge in [0.1, 0.15) is 0 Å². The Hall–Kier alpha value is 0.284. The molecule has 0 fully saturated rings. The minimum atomic E-state index is -0.591. The van der Waals surface area contributed by atoms with Gasteiger partial charge in [0.2, 0.25) is 0 Å². The van der Waals surface area contributed by atoms with Crippen molar-refractivity contribution in [2.45, 2.75) is 6.10 Å². The molecule has 51 valence electrons. The van der Waals surface area contributed by atoms with Gasteiger partial charge in [0.05, 0.1) is 0 Å². The summed E-state index contributed by atoms with van der Waals surface area (Å²) in [6, 6.07) is 9.36. The summed E-state index contributed by atoms with van der Waals surface area (Å²) in [6.45, 7) is 3.46. The van der Waals surface area contributed by atoms with E-state index in [4.69, 9.17) is 5.11 Å². The van der Waals surface area contributed by atoms with Crippen LogP contribution < -0.4 is 0 Å². The molecule has 0 amide bonds. The van der Waals surface area contributed by atoms with Crippen LogP contribution in [0.5, 0.6) is 0 Å². The van der Waals surface area contributed by atoms with Gasteiger partial charge in [0.25, 0.3) is 0 Å². The van der Waals surface area contributed by atoms with Crippen LogP contribution in [0.3, 0.4) is 0 Å². The molecule has 1 atom stereocenters. The van der Waals surface area contributed by atoms with E-state index in [1.54, 1.807) is 0 Å². The minimum Gasteiger partial charge on any atom is -0.421 e. The third-order valence-electron chi connectivity index (χ3n) is 1.18. The van der Waals surface area contributed by atoms with Gasteiger partial charge in [0, 0.05) is 32.7 Å². The molecule has 0 aromatic heterocycles. The Balaban J connectivity index is 0.000000810. The standard InChI is InChI=1S/C8H9O.Y/c1-7(9)8-5-3-2-4-6-8;/h2-7,9H,1H2;/q-1;. The Labute approximate surface area is 86.3 Å². The topological polar surface area (TPSA) is 20.2 Å². The molecule has 0 saturated carbocycles. The summed E-state index contributed by atoms with van der Waals surface area (Å²) in [6.07, 6.45) is -0.591. The van der Waals surface area contributed by atoms with Gasteiger partial charge < -0.3 is 12.0 Å². The first kappa shape index (κ1) is 10.3. The zero-order valence-corrected chi connectivity index (χ0v) is 8.53. The second-order valence-electron chi connectivity index (χ2n) is 1.93. The van der Waals surface area contributed by atoms with Crippen LogP contribution in [0.15, 0.2) is 30.3 Å². The van der Waals surface area contributed by atoms with E-state index in [2.05, 4.69) is 6.92 Å². The van der Waals surface area contributed by atoms with Gasteiger partial charge in [0.15, 0.2) is 0 Å². The fourth-order valence-corrected chi connectivity index (χ4v) is 0.675. The van der Waals surface area contributed by atoms with E-state index in [0.717, 1.165) is 5.56 Å². The monoisotopic (exact) mass is 210 g/mol. The van der Waals surface area contributed by atoms with Crippen LogP contribution in [0.2, 0.25) is 0 Å². The molecule has 10 heavy (non-hydrogen) atoms. The molecule has 1 aromatic rings. The third kappa shape index (κ3) is 2.91. The third-order valence-corrected chi connectivity index (χ3v) is 1.18. The van der Waals surface area contributed by atoms with Gasteiger partial charge in [-0.2, -0.15) is 0 Å². The maximum Gasteiger partial charge on any atom is 0 e. The van der Waals surface area contributed by atoms with Crippen molar-refractivity contribution in [3.8, 4) is 0 Å². The normalized spacial score (nSPS) is 11.8. The maximum atomic E-state index is 8.91. The molecular weight excluding hydrogens is 201 g/mol. The second kappa shape index (κ2) is 5.00. The van der Waals surface area contributed by atoms with Gasteiger partial charge in [-0.1, -0.05) is 35.9 Å². The molecule has 1 radical (unpaired) electrons. The van der Waals surface area contributed by atoms with E-state index >= 15 is 0 Å². The van der Waals surface area contributed by atoms with Crippen molar-refractivity contribution in [1.82, 2.24) is 0 Å². The first-order chi connectivity index (χ1) is 4.30. The summed E-state index contributed by atoms with van der Waals surface area (Å²) >= 11 is 0. The van der Waals surface area contributed by atoms with Crippen LogP contribution in [0.4, 0.5) is 0 Å². The Morgan fingerprint density at radius 2 is 1.70 bits per heavy atom. The van der Waals surface area contributed by atoms with Crippen LogP contribution in [-0.2, 0) is 32.7 Å². The predicted octanol–water partition coefficient (Wildman–Crippen LogP) is 1.55. The van der Waals surface area contributed by atoms with E-state index in [0.29, 0.717) is 0 Å². The molecule has 0 aliphatic carbocycles. The van der Waals surface area contributed by atoms with Crippen LogP contribution >= 0.6 is 0 Å². The summed E-state index contributed by atoms with van der Waals surface area (Å²) in [5.74, 6) is 0. The van der Waals surface area contributed by atoms with E-state index < -0.39 is 6.10 Å². The molecule has 1 nitrogen and oxygen atoms in total. The average molecular weight is 210 g/mol. The fraction of sp³-hybridized carbons (Fsp3) is 0.125. The van der Waals surface area contributed by atoms with Crippen LogP contribution in [-0.4, -0.2) is 5.11 Å². The van der Waals surface area contributed by atoms with Crippen LogP contribution in [0.1, 0.15) is 11.7 Å². The SMILES string of the molecule is [CH2-]C(O)c1ccccc1.[Y]. The predicted molar refractivity (Wildman–Crippen MR) is 36.8 cm³/mol. The van der Waals surface area contributed by atoms with Crippen molar-refractivity contribution in [3.63, 3.8) is 0 Å². The molecule has 0 heterocycles. The summed E-state index contributed by atoms with van der Waals surface area (Å²) in [4.78, 5) is 0. The van der Waals surface area contributed by atoms with Crippen molar-refractivity contribution in [2.75, 3.05) is 0 Å². The first-order valence-corrected chi connectivity index (χ1v) is 2.87. The zero-order chi connectivity index (χ0) is 6.69. The number of rotatable bonds is 1. The van der Waals surface area contributed by atoms with Crippen molar-refractivity contribution in [2.24, 2.45) is 0 Å². The Morgan fingerprint density at radius 3 is 2.00 bits per heavy atom. The molecule has 0 spiro atoms. The van der Waals surface area contributed by atoms with E-state index in [9.17, 15) is 0 Å². The van der Waals surface area contributed by atoms with Crippen LogP contribution in [0, 0.1) is 6.92 Å². The summed E-state index contributed by atoms with van der Waals surface area (Å²) < 4.78 is 0. The van der Waals surface area contributed by atoms with Gasteiger partial charge >= 0.3 is 0 Å². The van der Waals surface area contributed by atoms with Crippen LogP contribution in [0.25, 0.3) is 0 Å². The average Bonchev–Trinajstić information content (AvgIpc) is 1.90. The number of benzene rings is 1. The molecule has 0 bridgehead atoms. The number of aliphatic hydroxyl groups is 1. The van der Waals surface area contributed by atoms with E-state index in [1.165, 1.54) is 0 Å². The molecular formula is C8H9OY-. The largest absolute Gasteiger partial charge is 0.421 e. The minimum absolute atomic E-state index is 0. The Kier molecular flexibility index (Phi) is 5.15. The quantitative estimate of drug-likeness (QED) is 0.697. The first-order valence-electron chi connectivity index (χ1n) is 2.87. The van der Waals surface area contributed by atoms with E-state index in [-0.39, 0.29) is 32.7 Å². The number of hydrogen-bond acceptors (Lipinski definition) is 1. The Bertz CT molecular complexity index is 172. The molecule has 0 aliphatic rings. The van der Waals surface area contributed by atoms with Crippen molar-refractivity contribution < 1.29 is 37.8 Å². The fourth-order valence-electron chi connectivity index (χ4n) is 0.675. The maximum absolute atomic E-state index is 8.91. The summed E-state index contributed by atoms with van der Waals surface area (Å²) in [7, 11) is 0. The number of aliphatic hydroxyl groups excluding tert-OH is 1.